The van der Waals surface area contributed by atoms with Crippen molar-refractivity contribution in [1.29, 1.82) is 0 Å². The average molecular weight is 798 g/mol. The average Bonchev–Trinajstić information content (AvgIpc) is 3.17. The molecular formula is C45H84NO8P. The van der Waals surface area contributed by atoms with Crippen LogP contribution in [0.15, 0.2) is 36.5 Å². The van der Waals surface area contributed by atoms with E-state index in [-0.39, 0.29) is 32.1 Å². The highest BCUT2D eigenvalue weighted by atomic mass is 31.2. The maximum absolute atomic E-state index is 12.1. The molecule has 0 aliphatic carbocycles. The van der Waals surface area contributed by atoms with Gasteiger partial charge in [0.25, 0.3) is 0 Å². The van der Waals surface area contributed by atoms with Crippen LogP contribution < -0.4 is 5.32 Å². The van der Waals surface area contributed by atoms with Gasteiger partial charge in [-0.25, -0.2) is 4.57 Å². The molecule has 0 bridgehead atoms. The maximum Gasteiger partial charge on any atom is 0.472 e. The number of ether oxygens (including phenoxy) is 1. The Morgan fingerprint density at radius 2 is 0.982 bits per heavy atom. The Labute approximate surface area is 337 Å². The fourth-order valence-corrected chi connectivity index (χ4v) is 6.87. The van der Waals surface area contributed by atoms with E-state index in [4.69, 9.17) is 13.8 Å². The van der Waals surface area contributed by atoms with Crippen LogP contribution in [-0.4, -0.2) is 54.3 Å². The van der Waals surface area contributed by atoms with Crippen LogP contribution >= 0.6 is 7.82 Å². The van der Waals surface area contributed by atoms with Crippen LogP contribution in [0.2, 0.25) is 0 Å². The Morgan fingerprint density at radius 3 is 1.49 bits per heavy atom. The summed E-state index contributed by atoms with van der Waals surface area (Å²) in [5.41, 5.74) is 0. The number of aliphatic hydroxyl groups excluding tert-OH is 1. The summed E-state index contributed by atoms with van der Waals surface area (Å²) in [5, 5.41) is 12.7. The highest BCUT2D eigenvalue weighted by Gasteiger charge is 2.23. The summed E-state index contributed by atoms with van der Waals surface area (Å²) in [6.07, 6.45) is 46.4. The van der Waals surface area contributed by atoms with Crippen molar-refractivity contribution in [2.24, 2.45) is 0 Å². The largest absolute Gasteiger partial charge is 0.472 e. The van der Waals surface area contributed by atoms with Gasteiger partial charge in [0, 0.05) is 19.4 Å². The van der Waals surface area contributed by atoms with Crippen LogP contribution in [-0.2, 0) is 27.9 Å². The molecule has 0 aliphatic heterocycles. The summed E-state index contributed by atoms with van der Waals surface area (Å²) >= 11 is 0. The van der Waals surface area contributed by atoms with E-state index in [0.717, 1.165) is 64.2 Å². The lowest BCUT2D eigenvalue weighted by atomic mass is 10.1. The molecule has 0 aromatic rings. The molecule has 0 radical (unpaired) electrons. The maximum atomic E-state index is 12.1. The first-order chi connectivity index (χ1) is 26.8. The number of nitrogens with one attached hydrogen (secondary N) is 1. The van der Waals surface area contributed by atoms with Gasteiger partial charge in [-0.2, -0.15) is 0 Å². The van der Waals surface area contributed by atoms with Gasteiger partial charge in [-0.15, -0.1) is 0 Å². The third kappa shape index (κ3) is 43.2. The smallest absolute Gasteiger partial charge is 0.463 e. The molecule has 1 amide bonds. The second kappa shape index (κ2) is 41.9. The Morgan fingerprint density at radius 1 is 0.564 bits per heavy atom. The van der Waals surface area contributed by atoms with Crippen LogP contribution in [0.5, 0.6) is 0 Å². The van der Waals surface area contributed by atoms with Crippen LogP contribution in [0.1, 0.15) is 206 Å². The molecule has 0 saturated heterocycles. The summed E-state index contributed by atoms with van der Waals surface area (Å²) < 4.78 is 26.9. The molecule has 2 atom stereocenters. The van der Waals surface area contributed by atoms with E-state index in [1.807, 2.05) is 0 Å². The normalized spacial score (nSPS) is 13.6. The van der Waals surface area contributed by atoms with Gasteiger partial charge >= 0.3 is 13.8 Å². The second-order valence-corrected chi connectivity index (χ2v) is 16.5. The first-order valence-corrected chi connectivity index (χ1v) is 24.0. The van der Waals surface area contributed by atoms with E-state index in [2.05, 4.69) is 55.6 Å². The number of esters is 1. The minimum Gasteiger partial charge on any atom is -0.463 e. The van der Waals surface area contributed by atoms with Crippen LogP contribution in [0.3, 0.4) is 0 Å². The van der Waals surface area contributed by atoms with Crippen molar-refractivity contribution < 1.29 is 37.9 Å². The number of carbonyl (C=O) groups is 2. The van der Waals surface area contributed by atoms with E-state index in [0.29, 0.717) is 6.42 Å². The fraction of sp³-hybridized carbons (Fsp3) is 0.822. The molecular weight excluding hydrogens is 713 g/mol. The number of hydrogen-bond donors (Lipinski definition) is 3. The monoisotopic (exact) mass is 798 g/mol. The number of phosphoric ester groups is 1. The molecule has 0 saturated carbocycles. The highest BCUT2D eigenvalue weighted by Crippen LogP contribution is 2.42. The minimum atomic E-state index is -4.42. The summed E-state index contributed by atoms with van der Waals surface area (Å²) in [5.74, 6) is -0.532. The molecule has 0 aromatic carbocycles. The fourth-order valence-electron chi connectivity index (χ4n) is 6.11. The third-order valence-electron chi connectivity index (χ3n) is 9.54. The lowest BCUT2D eigenvalue weighted by molar-refractivity contribution is -0.147. The molecule has 0 aromatic heterocycles. The summed E-state index contributed by atoms with van der Waals surface area (Å²) in [6.45, 7) is 3.52. The van der Waals surface area contributed by atoms with Gasteiger partial charge in [-0.1, -0.05) is 159 Å². The zero-order valence-corrected chi connectivity index (χ0v) is 36.3. The Kier molecular flexibility index (Phi) is 40.5. The van der Waals surface area contributed by atoms with Gasteiger partial charge in [0.15, 0.2) is 0 Å². The van der Waals surface area contributed by atoms with Gasteiger partial charge in [0.05, 0.1) is 13.2 Å². The highest BCUT2D eigenvalue weighted by molar-refractivity contribution is 7.47. The van der Waals surface area contributed by atoms with Crippen LogP contribution in [0.4, 0.5) is 0 Å². The number of hydrogen-bond acceptors (Lipinski definition) is 7. The molecule has 0 rings (SSSR count). The van der Waals surface area contributed by atoms with E-state index in [9.17, 15) is 24.2 Å². The van der Waals surface area contributed by atoms with Crippen LogP contribution in [0, 0.1) is 0 Å². The number of phosphoric acid groups is 1. The second-order valence-electron chi connectivity index (χ2n) is 15.0. The zero-order valence-electron chi connectivity index (χ0n) is 35.4. The first kappa shape index (κ1) is 53.2. The molecule has 0 spiro atoms. The Balaban J connectivity index is 3.61. The number of aliphatic hydroxyl groups is 1. The zero-order chi connectivity index (χ0) is 40.3. The predicted octanol–water partition coefficient (Wildman–Crippen LogP) is 12.6. The molecule has 322 valence electrons. The van der Waals surface area contributed by atoms with Crippen LogP contribution in [0.25, 0.3) is 0 Å². The minimum absolute atomic E-state index is 0.0737. The van der Waals surface area contributed by atoms with Crippen molar-refractivity contribution in [2.75, 3.05) is 26.4 Å². The predicted molar refractivity (Wildman–Crippen MR) is 229 cm³/mol. The first-order valence-electron chi connectivity index (χ1n) is 22.5. The van der Waals surface area contributed by atoms with Gasteiger partial charge in [-0.3, -0.25) is 18.6 Å². The number of carbonyl (C=O) groups excluding carboxylic acids is 2. The molecule has 3 N–H and O–H groups in total. The van der Waals surface area contributed by atoms with Crippen molar-refractivity contribution in [3.05, 3.63) is 36.5 Å². The van der Waals surface area contributed by atoms with E-state index < -0.39 is 26.5 Å². The Bertz CT molecular complexity index is 1000. The molecule has 0 fully saturated rings. The van der Waals surface area contributed by atoms with Gasteiger partial charge in [0.2, 0.25) is 5.91 Å². The molecule has 9 nitrogen and oxygen atoms in total. The summed E-state index contributed by atoms with van der Waals surface area (Å²) in [4.78, 5) is 33.9. The van der Waals surface area contributed by atoms with E-state index in [1.165, 1.54) is 116 Å². The molecule has 0 aliphatic rings. The number of unbranched alkanes of at least 4 members (excludes halogenated alkanes) is 23. The standard InChI is InChI=1S/C45H84NO8P/c1-3-5-7-9-11-13-15-17-19-21-22-24-26-28-30-32-34-36-38-45(49)52-41-43(47)42-54-55(50,51)53-40-39-46-44(48)37-35-33-31-29-27-25-23-20-18-16-14-12-10-8-6-4-2/h14,16,19-21,23,43,47H,3-13,15,17-18,22,24-42H2,1-2H3,(H,46,48)(H,50,51)/b16-14-,21-19-,23-20-. The number of rotatable bonds is 42. The third-order valence-corrected chi connectivity index (χ3v) is 10.5. The molecule has 2 unspecified atom stereocenters. The van der Waals surface area contributed by atoms with Gasteiger partial charge in [0.1, 0.15) is 12.7 Å². The molecule has 0 heterocycles. The Hall–Kier alpha value is -1.77. The lowest BCUT2D eigenvalue weighted by Crippen LogP contribution is -2.27. The summed E-state index contributed by atoms with van der Waals surface area (Å²) in [7, 11) is -4.42. The topological polar surface area (TPSA) is 131 Å². The molecule has 55 heavy (non-hydrogen) atoms. The van der Waals surface area contributed by atoms with Gasteiger partial charge < -0.3 is 20.1 Å². The van der Waals surface area contributed by atoms with Crippen molar-refractivity contribution in [1.82, 2.24) is 5.32 Å². The number of amides is 1. The lowest BCUT2D eigenvalue weighted by Gasteiger charge is -2.15. The van der Waals surface area contributed by atoms with Gasteiger partial charge in [-0.05, 0) is 70.6 Å². The quantitative estimate of drug-likeness (QED) is 0.0241. The van der Waals surface area contributed by atoms with Crippen molar-refractivity contribution in [3.63, 3.8) is 0 Å². The van der Waals surface area contributed by atoms with Crippen molar-refractivity contribution in [3.8, 4) is 0 Å². The SMILES string of the molecule is CCCCCC/C=C\C/C=C\CCCCCCCC(=O)NCCOP(=O)(O)OCC(O)COC(=O)CCCCCCCCC/C=C\CCCCCCCCC. The number of allylic oxidation sites excluding steroid dienone is 6. The molecule has 10 heteroatoms. The van der Waals surface area contributed by atoms with Crippen molar-refractivity contribution in [2.45, 2.75) is 213 Å². The van der Waals surface area contributed by atoms with Crippen molar-refractivity contribution >= 4 is 19.7 Å². The van der Waals surface area contributed by atoms with E-state index >= 15 is 0 Å². The van der Waals surface area contributed by atoms with E-state index in [1.54, 1.807) is 0 Å². The summed E-state index contributed by atoms with van der Waals surface area (Å²) in [6, 6.07) is 0.